The van der Waals surface area contributed by atoms with Gasteiger partial charge in [-0.15, -0.1) is 0 Å². The van der Waals surface area contributed by atoms with Crippen molar-refractivity contribution in [1.29, 1.82) is 5.26 Å². The second-order valence-electron chi connectivity index (χ2n) is 17.4. The minimum absolute atomic E-state index is 0.0448. The first-order valence-corrected chi connectivity index (χ1v) is 24.1. The third-order valence-corrected chi connectivity index (χ3v) is 14.0. The summed E-state index contributed by atoms with van der Waals surface area (Å²) in [6.45, 7) is 14.1. The first kappa shape index (κ1) is 51.6. The topological polar surface area (TPSA) is 211 Å². The van der Waals surface area contributed by atoms with Crippen LogP contribution in [0.2, 0.25) is 0 Å². The Kier molecular flexibility index (Phi) is 17.1. The number of methoxy groups -OCH3 is 3. The summed E-state index contributed by atoms with van der Waals surface area (Å²) in [5, 5.41) is 15.1. The number of fused-ring (bicyclic) bond motifs is 1. The molecule has 0 saturated carbocycles. The Bertz CT molecular complexity index is 2510. The number of hydrogen-bond acceptors (Lipinski definition) is 14. The molecule has 1 fully saturated rings. The summed E-state index contributed by atoms with van der Waals surface area (Å²) in [5.41, 5.74) is 1.38. The Morgan fingerprint density at radius 2 is 1.37 bits per heavy atom. The molecule has 6 rings (SSSR count). The van der Waals surface area contributed by atoms with Crippen molar-refractivity contribution >= 4 is 42.5 Å². The predicted octanol–water partition coefficient (Wildman–Crippen LogP) is 8.50. The van der Waals surface area contributed by atoms with Gasteiger partial charge in [0.1, 0.15) is 35.4 Å². The minimum atomic E-state index is -4.29. The van der Waals surface area contributed by atoms with Crippen molar-refractivity contribution < 1.29 is 46.9 Å². The molecule has 5 atom stereocenters. The number of anilines is 2. The number of hydrogen-bond donors (Lipinski definition) is 2. The average molecular weight is 955 g/mol. The number of aromatic nitrogens is 4. The van der Waals surface area contributed by atoms with Gasteiger partial charge < -0.3 is 29.0 Å². The van der Waals surface area contributed by atoms with Crippen LogP contribution in [0.15, 0.2) is 85.2 Å². The number of nitrogens with zero attached hydrogens (tertiary/aromatic N) is 6. The van der Waals surface area contributed by atoms with E-state index in [2.05, 4.69) is 26.7 Å². The van der Waals surface area contributed by atoms with Crippen molar-refractivity contribution in [2.45, 2.75) is 104 Å². The summed E-state index contributed by atoms with van der Waals surface area (Å²) in [6.07, 6.45) is -2.98. The zero-order valence-corrected chi connectivity index (χ0v) is 41.4. The van der Waals surface area contributed by atoms with Crippen molar-refractivity contribution in [3.05, 3.63) is 102 Å². The second kappa shape index (κ2) is 22.6. The Morgan fingerprint density at radius 3 is 1.88 bits per heavy atom. The Labute approximate surface area is 398 Å². The van der Waals surface area contributed by atoms with Crippen LogP contribution in [0.3, 0.4) is 0 Å². The second-order valence-corrected chi connectivity index (χ2v) is 19.3. The molecule has 3 heterocycles. The lowest BCUT2D eigenvalue weighted by atomic mass is 9.80. The normalized spacial score (nSPS) is 18.3. The highest BCUT2D eigenvalue weighted by molar-refractivity contribution is 7.51. The van der Waals surface area contributed by atoms with Crippen LogP contribution in [0, 0.1) is 23.2 Å². The molecule has 2 N–H and O–H groups in total. The summed E-state index contributed by atoms with van der Waals surface area (Å²) < 4.78 is 63.5. The minimum Gasteiger partial charge on any atom is -0.497 e. The first-order chi connectivity index (χ1) is 32.5. The highest BCUT2D eigenvalue weighted by atomic mass is 31.2. The molecule has 3 aromatic carbocycles. The van der Waals surface area contributed by atoms with Crippen molar-refractivity contribution in [3.8, 4) is 17.6 Å². The third kappa shape index (κ3) is 11.1. The average Bonchev–Trinajstić information content (AvgIpc) is 3.90. The lowest BCUT2D eigenvalue weighted by Gasteiger charge is -2.39. The number of amides is 2. The van der Waals surface area contributed by atoms with Crippen LogP contribution in [-0.4, -0.2) is 101 Å². The molecule has 2 aromatic heterocycles. The smallest absolute Gasteiger partial charge is 0.409 e. The van der Waals surface area contributed by atoms with E-state index >= 15 is 4.57 Å². The fourth-order valence-electron chi connectivity index (χ4n) is 8.16. The van der Waals surface area contributed by atoms with Crippen LogP contribution >= 0.6 is 7.75 Å². The van der Waals surface area contributed by atoms with Crippen molar-refractivity contribution in [2.24, 2.45) is 11.8 Å². The van der Waals surface area contributed by atoms with Gasteiger partial charge in [0.15, 0.2) is 23.2 Å². The van der Waals surface area contributed by atoms with Gasteiger partial charge in [-0.1, -0.05) is 82.3 Å². The van der Waals surface area contributed by atoms with E-state index in [1.165, 1.54) is 13.4 Å². The van der Waals surface area contributed by atoms with E-state index in [1.807, 2.05) is 107 Å². The van der Waals surface area contributed by atoms with E-state index < -0.39 is 49.7 Å². The highest BCUT2D eigenvalue weighted by Crippen LogP contribution is 2.58. The van der Waals surface area contributed by atoms with Gasteiger partial charge in [0.2, 0.25) is 17.8 Å². The molecule has 0 bridgehead atoms. The van der Waals surface area contributed by atoms with Gasteiger partial charge in [-0.05, 0) is 68.7 Å². The van der Waals surface area contributed by atoms with E-state index in [0.717, 1.165) is 16.7 Å². The zero-order valence-electron chi connectivity index (χ0n) is 40.5. The van der Waals surface area contributed by atoms with Crippen molar-refractivity contribution in [1.82, 2.24) is 24.2 Å². The number of benzene rings is 3. The maximum absolute atomic E-state index is 15.5. The predicted molar refractivity (Wildman–Crippen MR) is 256 cm³/mol. The molecule has 5 aromatic rings. The van der Waals surface area contributed by atoms with E-state index in [9.17, 15) is 14.9 Å². The third-order valence-electron chi connectivity index (χ3n) is 11.5. The van der Waals surface area contributed by atoms with Crippen LogP contribution in [0.5, 0.6) is 11.5 Å². The number of nitrogens with one attached hydrogen (secondary N) is 2. The summed E-state index contributed by atoms with van der Waals surface area (Å²) in [6, 6.07) is 26.3. The molecule has 0 radical (unpaired) electrons. The fraction of sp³-hybridized carbons (Fsp3) is 0.469. The van der Waals surface area contributed by atoms with E-state index in [4.69, 9.17) is 37.7 Å². The molecular weight excluding hydrogens is 892 g/mol. The molecule has 68 heavy (non-hydrogen) atoms. The van der Waals surface area contributed by atoms with E-state index in [0.29, 0.717) is 11.5 Å². The van der Waals surface area contributed by atoms with Crippen LogP contribution in [0.4, 0.5) is 11.8 Å². The lowest BCUT2D eigenvalue weighted by molar-refractivity contribution is -0.119. The summed E-state index contributed by atoms with van der Waals surface area (Å²) in [7, 11) is 0.386. The van der Waals surface area contributed by atoms with Crippen molar-refractivity contribution in [2.75, 3.05) is 45.2 Å². The quantitative estimate of drug-likeness (QED) is 0.0378. The number of nitriles is 1. The molecule has 364 valence electrons. The Morgan fingerprint density at radius 1 is 0.809 bits per heavy atom. The molecule has 1 aliphatic rings. The van der Waals surface area contributed by atoms with Gasteiger partial charge in [0.25, 0.3) is 0 Å². The van der Waals surface area contributed by atoms with Gasteiger partial charge in [0.05, 0.1) is 46.3 Å². The Balaban J connectivity index is 1.55. The number of imidazole rings is 1. The first-order valence-electron chi connectivity index (χ1n) is 22.6. The Hall–Kier alpha value is -5.77. The summed E-state index contributed by atoms with van der Waals surface area (Å²) in [5.74, 6) is -0.231. The number of carbonyl (C=O) groups is 2. The fourth-order valence-corrected chi connectivity index (χ4v) is 10.5. The van der Waals surface area contributed by atoms with Gasteiger partial charge >= 0.3 is 7.75 Å². The molecule has 18 nitrogen and oxygen atoms in total. The largest absolute Gasteiger partial charge is 0.497 e. The van der Waals surface area contributed by atoms with E-state index in [-0.39, 0.29) is 66.5 Å². The monoisotopic (exact) mass is 954 g/mol. The molecule has 0 spiro atoms. The van der Waals surface area contributed by atoms with Gasteiger partial charge in [-0.3, -0.25) is 28.5 Å². The van der Waals surface area contributed by atoms with Crippen molar-refractivity contribution in [3.63, 3.8) is 0 Å². The zero-order chi connectivity index (χ0) is 49.3. The summed E-state index contributed by atoms with van der Waals surface area (Å²) in [4.78, 5) is 40.0. The molecule has 19 heteroatoms. The van der Waals surface area contributed by atoms with E-state index in [1.54, 1.807) is 51.2 Å². The molecule has 1 aliphatic heterocycles. The summed E-state index contributed by atoms with van der Waals surface area (Å²) >= 11 is 0. The van der Waals surface area contributed by atoms with Crippen LogP contribution < -0.4 is 20.1 Å². The van der Waals surface area contributed by atoms with Crippen LogP contribution in [0.1, 0.15) is 84.7 Å². The molecule has 1 unspecified atom stereocenters. The maximum atomic E-state index is 15.5. The standard InChI is InChI=1S/C49H63N8O10P/c1-30(2)45(58)52-43-40-44(54-48(53-43)55-46(59)31(3)4)56(29-51-40)47-42(63-11)41(67-68(60,65-27-15-26-50)57(32(5)6)33(7)8)39(66-47)28-64-49(34-16-13-12-14-17-34,35-18-22-37(61-9)23-19-35)36-20-24-38(62-10)25-21-36/h12-14,16-25,29-33,39,41-42,47H,15,27-28H2,1-11H3,(H2,52,53,54,55,58,59)/t39-,41-,42-,47-,68?/m1/s1. The van der Waals surface area contributed by atoms with Gasteiger partial charge in [-0.2, -0.15) is 15.2 Å². The molecule has 0 aliphatic carbocycles. The molecule has 1 saturated heterocycles. The molecule has 2 amide bonds. The number of carbonyl (C=O) groups excluding carboxylic acids is 2. The SMILES string of the molecule is COc1ccc(C(OC[C@H]2O[C@@H](n3cnc4c(NC(=O)C(C)C)nc(NC(=O)C(C)C)nc43)[C@H](OC)[C@@H]2OP(=O)(OCCC#N)N(C(C)C)C(C)C)(c2ccccc2)c2ccc(OC)cc2)cc1. The number of ether oxygens (including phenoxy) is 5. The number of rotatable bonds is 22. The lowest BCUT2D eigenvalue weighted by Crippen LogP contribution is -2.43. The van der Waals surface area contributed by atoms with Crippen LogP contribution in [-0.2, 0) is 43.0 Å². The highest BCUT2D eigenvalue weighted by Gasteiger charge is 2.54. The van der Waals surface area contributed by atoms with Crippen LogP contribution in [0.25, 0.3) is 11.2 Å². The van der Waals surface area contributed by atoms with Gasteiger partial charge in [-0.25, -0.2) is 14.2 Å². The van der Waals surface area contributed by atoms with Gasteiger partial charge in [0, 0.05) is 31.0 Å². The molecular formula is C49H63N8O10P. The maximum Gasteiger partial charge on any atom is 0.409 e.